The molecule has 3 nitrogen and oxygen atoms in total. The summed E-state index contributed by atoms with van der Waals surface area (Å²) in [7, 11) is 0. The molecule has 0 spiro atoms. The Morgan fingerprint density at radius 2 is 2.00 bits per heavy atom. The Bertz CT molecular complexity index is 259. The van der Waals surface area contributed by atoms with Gasteiger partial charge in [0.1, 0.15) is 0 Å². The summed E-state index contributed by atoms with van der Waals surface area (Å²) in [6.07, 6.45) is 8.67. The highest BCUT2D eigenvalue weighted by molar-refractivity contribution is 4.95. The van der Waals surface area contributed by atoms with E-state index >= 15 is 0 Å². The van der Waals surface area contributed by atoms with E-state index in [4.69, 9.17) is 0 Å². The third kappa shape index (κ3) is 2.67. The lowest BCUT2D eigenvalue weighted by Crippen LogP contribution is -2.42. The second kappa shape index (κ2) is 5.25. The molecule has 0 aromatic heterocycles. The van der Waals surface area contributed by atoms with Crippen LogP contribution in [-0.4, -0.2) is 47.8 Å². The molecule has 0 amide bonds. The first-order valence-corrected chi connectivity index (χ1v) is 7.48. The molecule has 2 aliphatic heterocycles. The second-order valence-corrected chi connectivity index (χ2v) is 6.24. The number of hydrogen-bond acceptors (Lipinski definition) is 3. The van der Waals surface area contributed by atoms with Gasteiger partial charge in [-0.3, -0.25) is 4.90 Å². The van der Waals surface area contributed by atoms with Crippen LogP contribution in [-0.2, 0) is 0 Å². The van der Waals surface area contributed by atoms with Crippen molar-refractivity contribution in [3.05, 3.63) is 0 Å². The van der Waals surface area contributed by atoms with Crippen molar-refractivity contribution >= 4 is 0 Å². The van der Waals surface area contributed by atoms with E-state index in [0.717, 1.165) is 31.5 Å². The fourth-order valence-corrected chi connectivity index (χ4v) is 4.09. The Kier molecular flexibility index (Phi) is 3.69. The largest absolute Gasteiger partial charge is 0.393 e. The van der Waals surface area contributed by atoms with Gasteiger partial charge >= 0.3 is 0 Å². The summed E-state index contributed by atoms with van der Waals surface area (Å²) in [5.41, 5.74) is 0. The van der Waals surface area contributed by atoms with Crippen molar-refractivity contribution in [3.63, 3.8) is 0 Å². The van der Waals surface area contributed by atoms with Gasteiger partial charge in [-0.05, 0) is 57.5 Å². The van der Waals surface area contributed by atoms with Gasteiger partial charge < -0.3 is 10.4 Å². The first-order chi connectivity index (χ1) is 8.33. The minimum atomic E-state index is -0.0258. The van der Waals surface area contributed by atoms with Crippen molar-refractivity contribution in [3.8, 4) is 0 Å². The second-order valence-electron chi connectivity index (χ2n) is 6.24. The molecular weight excluding hydrogens is 212 g/mol. The standard InChI is InChI=1S/C14H26N2O/c17-12-4-1-3-11(9-12)10-15-13-6-8-16-7-2-5-14(13)16/h11-15,17H,1-10H2. The first kappa shape index (κ1) is 11.9. The van der Waals surface area contributed by atoms with Gasteiger partial charge in [0.25, 0.3) is 0 Å². The van der Waals surface area contributed by atoms with E-state index in [1.165, 1.54) is 45.2 Å². The average Bonchev–Trinajstić information content (AvgIpc) is 2.89. The predicted octanol–water partition coefficient (Wildman–Crippen LogP) is 1.36. The van der Waals surface area contributed by atoms with Crippen LogP contribution in [0.5, 0.6) is 0 Å². The molecule has 0 bridgehead atoms. The molecular formula is C14H26N2O. The molecule has 3 fully saturated rings. The summed E-state index contributed by atoms with van der Waals surface area (Å²) in [6, 6.07) is 1.56. The van der Waals surface area contributed by atoms with Gasteiger partial charge in [-0.15, -0.1) is 0 Å². The van der Waals surface area contributed by atoms with Gasteiger partial charge in [0.15, 0.2) is 0 Å². The van der Waals surface area contributed by atoms with Crippen molar-refractivity contribution in [1.82, 2.24) is 10.2 Å². The molecule has 2 heterocycles. The van der Waals surface area contributed by atoms with Gasteiger partial charge in [0.05, 0.1) is 6.10 Å². The summed E-state index contributed by atoms with van der Waals surface area (Å²) in [6.45, 7) is 3.76. The van der Waals surface area contributed by atoms with Crippen molar-refractivity contribution in [2.45, 2.75) is 63.1 Å². The molecule has 3 aliphatic rings. The number of nitrogens with zero attached hydrogens (tertiary/aromatic N) is 1. The van der Waals surface area contributed by atoms with Crippen LogP contribution in [0.4, 0.5) is 0 Å². The molecule has 1 saturated carbocycles. The van der Waals surface area contributed by atoms with Crippen LogP contribution in [0.25, 0.3) is 0 Å². The molecule has 17 heavy (non-hydrogen) atoms. The first-order valence-electron chi connectivity index (χ1n) is 7.48. The van der Waals surface area contributed by atoms with E-state index in [2.05, 4.69) is 10.2 Å². The van der Waals surface area contributed by atoms with E-state index in [1.807, 2.05) is 0 Å². The third-order valence-corrected chi connectivity index (χ3v) is 5.03. The molecule has 4 atom stereocenters. The minimum Gasteiger partial charge on any atom is -0.393 e. The van der Waals surface area contributed by atoms with E-state index < -0.39 is 0 Å². The molecule has 2 N–H and O–H groups in total. The molecule has 0 radical (unpaired) electrons. The van der Waals surface area contributed by atoms with E-state index in [9.17, 15) is 5.11 Å². The Labute approximate surface area is 105 Å². The van der Waals surface area contributed by atoms with Gasteiger partial charge in [-0.25, -0.2) is 0 Å². The van der Waals surface area contributed by atoms with Crippen LogP contribution in [0.15, 0.2) is 0 Å². The fraction of sp³-hybridized carbons (Fsp3) is 1.00. The Hall–Kier alpha value is -0.120. The highest BCUT2D eigenvalue weighted by atomic mass is 16.3. The highest BCUT2D eigenvalue weighted by Crippen LogP contribution is 2.29. The van der Waals surface area contributed by atoms with Gasteiger partial charge in [-0.2, -0.15) is 0 Å². The fourth-order valence-electron chi connectivity index (χ4n) is 4.09. The highest BCUT2D eigenvalue weighted by Gasteiger charge is 2.37. The monoisotopic (exact) mass is 238 g/mol. The van der Waals surface area contributed by atoms with Crippen molar-refractivity contribution in [2.75, 3.05) is 19.6 Å². The predicted molar refractivity (Wildman–Crippen MR) is 69.0 cm³/mol. The lowest BCUT2D eigenvalue weighted by Gasteiger charge is -2.28. The summed E-state index contributed by atoms with van der Waals surface area (Å²) < 4.78 is 0. The number of nitrogens with one attached hydrogen (secondary N) is 1. The number of rotatable bonds is 3. The summed E-state index contributed by atoms with van der Waals surface area (Å²) >= 11 is 0. The maximum Gasteiger partial charge on any atom is 0.0543 e. The summed E-state index contributed by atoms with van der Waals surface area (Å²) in [5, 5.41) is 13.5. The number of hydrogen-bond donors (Lipinski definition) is 2. The van der Waals surface area contributed by atoms with Crippen molar-refractivity contribution in [1.29, 1.82) is 0 Å². The molecule has 0 aromatic rings. The Morgan fingerprint density at radius 1 is 1.06 bits per heavy atom. The van der Waals surface area contributed by atoms with Gasteiger partial charge in [0.2, 0.25) is 0 Å². The Balaban J connectivity index is 1.44. The summed E-state index contributed by atoms with van der Waals surface area (Å²) in [4.78, 5) is 2.66. The molecule has 3 rings (SSSR count). The molecule has 1 aliphatic carbocycles. The summed E-state index contributed by atoms with van der Waals surface area (Å²) in [5.74, 6) is 0.717. The Morgan fingerprint density at radius 3 is 2.88 bits per heavy atom. The number of fused-ring (bicyclic) bond motifs is 1. The maximum atomic E-state index is 9.69. The van der Waals surface area contributed by atoms with Crippen LogP contribution < -0.4 is 5.32 Å². The van der Waals surface area contributed by atoms with Crippen LogP contribution in [0.2, 0.25) is 0 Å². The van der Waals surface area contributed by atoms with E-state index in [1.54, 1.807) is 0 Å². The maximum absolute atomic E-state index is 9.69. The minimum absolute atomic E-state index is 0.0258. The molecule has 4 unspecified atom stereocenters. The van der Waals surface area contributed by atoms with E-state index in [0.29, 0.717) is 5.92 Å². The third-order valence-electron chi connectivity index (χ3n) is 5.03. The van der Waals surface area contributed by atoms with Crippen LogP contribution in [0, 0.1) is 5.92 Å². The number of aliphatic hydroxyl groups excluding tert-OH is 1. The SMILES string of the molecule is OC1CCCC(CNC2CCN3CCCC23)C1. The van der Waals surface area contributed by atoms with E-state index in [-0.39, 0.29) is 6.10 Å². The zero-order valence-electron chi connectivity index (χ0n) is 10.8. The van der Waals surface area contributed by atoms with Crippen LogP contribution in [0.1, 0.15) is 44.9 Å². The number of aliphatic hydroxyl groups is 1. The lowest BCUT2D eigenvalue weighted by molar-refractivity contribution is 0.0991. The van der Waals surface area contributed by atoms with Gasteiger partial charge in [0, 0.05) is 18.6 Å². The lowest BCUT2D eigenvalue weighted by atomic mass is 9.87. The zero-order valence-corrected chi connectivity index (χ0v) is 10.8. The van der Waals surface area contributed by atoms with Crippen LogP contribution in [0.3, 0.4) is 0 Å². The topological polar surface area (TPSA) is 35.5 Å². The smallest absolute Gasteiger partial charge is 0.0543 e. The van der Waals surface area contributed by atoms with Crippen molar-refractivity contribution in [2.24, 2.45) is 5.92 Å². The normalized spacial score (nSPS) is 42.9. The molecule has 3 heteroatoms. The van der Waals surface area contributed by atoms with Crippen LogP contribution >= 0.6 is 0 Å². The molecule has 98 valence electrons. The average molecular weight is 238 g/mol. The molecule has 2 saturated heterocycles. The molecule has 0 aromatic carbocycles. The van der Waals surface area contributed by atoms with Crippen molar-refractivity contribution < 1.29 is 5.11 Å². The zero-order chi connectivity index (χ0) is 11.7. The van der Waals surface area contributed by atoms with Gasteiger partial charge in [-0.1, -0.05) is 6.42 Å². The quantitative estimate of drug-likeness (QED) is 0.779.